The van der Waals surface area contributed by atoms with Crippen LogP contribution in [-0.2, 0) is 4.79 Å². The topological polar surface area (TPSA) is 29.1 Å². The van der Waals surface area contributed by atoms with E-state index >= 15 is 0 Å². The average Bonchev–Trinajstić information content (AvgIpc) is 2.11. The summed E-state index contributed by atoms with van der Waals surface area (Å²) < 4.78 is 0. The van der Waals surface area contributed by atoms with Crippen LogP contribution >= 0.6 is 0 Å². The fourth-order valence-corrected chi connectivity index (χ4v) is 1.24. The van der Waals surface area contributed by atoms with Crippen LogP contribution in [0.1, 0.15) is 46.5 Å². The molecule has 1 N–H and O–H groups in total. The summed E-state index contributed by atoms with van der Waals surface area (Å²) in [4.78, 5) is 10.9. The van der Waals surface area contributed by atoms with Crippen LogP contribution in [0.3, 0.4) is 0 Å². The number of rotatable bonds is 6. The van der Waals surface area contributed by atoms with Gasteiger partial charge in [0.2, 0.25) is 5.91 Å². The second kappa shape index (κ2) is 7.14. The fraction of sp³-hybridized carbons (Fsp3) is 0.900. The molecule has 0 saturated carbocycles. The Morgan fingerprint density at radius 3 is 2.42 bits per heavy atom. The first-order valence-electron chi connectivity index (χ1n) is 5.01. The molecule has 12 heavy (non-hydrogen) atoms. The average molecular weight is 171 g/mol. The van der Waals surface area contributed by atoms with Gasteiger partial charge >= 0.3 is 0 Å². The Morgan fingerprint density at radius 2 is 2.00 bits per heavy atom. The standard InChI is InChI=1S/C10H21NO/c1-4-7-9(5-2)8-11-10(12)6-3/h9H,4-8H2,1-3H3,(H,11,12). The second-order valence-corrected chi connectivity index (χ2v) is 3.22. The molecule has 0 spiro atoms. The summed E-state index contributed by atoms with van der Waals surface area (Å²) >= 11 is 0. The first kappa shape index (κ1) is 11.5. The van der Waals surface area contributed by atoms with Crippen LogP contribution in [0.25, 0.3) is 0 Å². The lowest BCUT2D eigenvalue weighted by Crippen LogP contribution is -2.28. The van der Waals surface area contributed by atoms with Gasteiger partial charge in [0.1, 0.15) is 0 Å². The van der Waals surface area contributed by atoms with E-state index < -0.39 is 0 Å². The van der Waals surface area contributed by atoms with Crippen molar-refractivity contribution in [3.8, 4) is 0 Å². The van der Waals surface area contributed by atoms with E-state index in [1.807, 2.05) is 6.92 Å². The molecule has 72 valence electrons. The third-order valence-electron chi connectivity index (χ3n) is 2.18. The Kier molecular flexibility index (Phi) is 6.82. The van der Waals surface area contributed by atoms with Gasteiger partial charge in [0, 0.05) is 13.0 Å². The van der Waals surface area contributed by atoms with E-state index in [2.05, 4.69) is 19.2 Å². The van der Waals surface area contributed by atoms with Gasteiger partial charge in [-0.15, -0.1) is 0 Å². The zero-order valence-electron chi connectivity index (χ0n) is 8.52. The smallest absolute Gasteiger partial charge is 0.219 e. The van der Waals surface area contributed by atoms with E-state index in [0.29, 0.717) is 12.3 Å². The van der Waals surface area contributed by atoms with Crippen LogP contribution in [0.5, 0.6) is 0 Å². The van der Waals surface area contributed by atoms with Crippen molar-refractivity contribution in [2.24, 2.45) is 5.92 Å². The molecule has 2 nitrogen and oxygen atoms in total. The molecule has 0 aromatic carbocycles. The Morgan fingerprint density at radius 1 is 1.33 bits per heavy atom. The minimum Gasteiger partial charge on any atom is -0.356 e. The van der Waals surface area contributed by atoms with Gasteiger partial charge < -0.3 is 5.32 Å². The molecule has 0 heterocycles. The molecule has 0 bridgehead atoms. The van der Waals surface area contributed by atoms with Crippen molar-refractivity contribution in [1.82, 2.24) is 5.32 Å². The van der Waals surface area contributed by atoms with Gasteiger partial charge in [-0.1, -0.05) is 33.6 Å². The third kappa shape index (κ3) is 5.16. The normalized spacial score (nSPS) is 12.6. The predicted octanol–water partition coefficient (Wildman–Crippen LogP) is 2.34. The van der Waals surface area contributed by atoms with E-state index in [1.165, 1.54) is 12.8 Å². The lowest BCUT2D eigenvalue weighted by Gasteiger charge is -2.13. The largest absolute Gasteiger partial charge is 0.356 e. The quantitative estimate of drug-likeness (QED) is 0.653. The van der Waals surface area contributed by atoms with Crippen molar-refractivity contribution >= 4 is 5.91 Å². The Balaban J connectivity index is 3.50. The highest BCUT2D eigenvalue weighted by atomic mass is 16.1. The first-order chi connectivity index (χ1) is 5.74. The first-order valence-corrected chi connectivity index (χ1v) is 5.01. The highest BCUT2D eigenvalue weighted by molar-refractivity contribution is 5.75. The van der Waals surface area contributed by atoms with Gasteiger partial charge in [-0.25, -0.2) is 0 Å². The molecule has 0 aromatic rings. The van der Waals surface area contributed by atoms with E-state index in [0.717, 1.165) is 13.0 Å². The number of carbonyl (C=O) groups excluding carboxylic acids is 1. The van der Waals surface area contributed by atoms with Crippen molar-refractivity contribution in [2.75, 3.05) is 6.54 Å². The van der Waals surface area contributed by atoms with Crippen molar-refractivity contribution in [3.63, 3.8) is 0 Å². The van der Waals surface area contributed by atoms with Crippen LogP contribution in [-0.4, -0.2) is 12.5 Å². The van der Waals surface area contributed by atoms with Gasteiger partial charge in [-0.05, 0) is 12.3 Å². The number of amides is 1. The van der Waals surface area contributed by atoms with E-state index in [4.69, 9.17) is 0 Å². The maximum atomic E-state index is 10.9. The number of hydrogen-bond acceptors (Lipinski definition) is 1. The SMILES string of the molecule is CCCC(CC)CNC(=O)CC. The van der Waals surface area contributed by atoms with Crippen molar-refractivity contribution in [3.05, 3.63) is 0 Å². The minimum atomic E-state index is 0.171. The summed E-state index contributed by atoms with van der Waals surface area (Å²) in [5, 5.41) is 2.93. The summed E-state index contributed by atoms with van der Waals surface area (Å²) in [6.07, 6.45) is 4.20. The lowest BCUT2D eigenvalue weighted by atomic mass is 10.0. The van der Waals surface area contributed by atoms with Crippen LogP contribution in [0.4, 0.5) is 0 Å². The number of hydrogen-bond donors (Lipinski definition) is 1. The molecule has 0 saturated heterocycles. The molecule has 2 heteroatoms. The monoisotopic (exact) mass is 171 g/mol. The maximum Gasteiger partial charge on any atom is 0.219 e. The minimum absolute atomic E-state index is 0.171. The molecule has 1 atom stereocenters. The fourth-order valence-electron chi connectivity index (χ4n) is 1.24. The summed E-state index contributed by atoms with van der Waals surface area (Å²) in [6.45, 7) is 7.11. The number of nitrogens with one attached hydrogen (secondary N) is 1. The van der Waals surface area contributed by atoms with Crippen molar-refractivity contribution in [1.29, 1.82) is 0 Å². The maximum absolute atomic E-state index is 10.9. The molecular formula is C10H21NO. The van der Waals surface area contributed by atoms with Crippen molar-refractivity contribution in [2.45, 2.75) is 46.5 Å². The van der Waals surface area contributed by atoms with Gasteiger partial charge in [-0.2, -0.15) is 0 Å². The summed E-state index contributed by atoms with van der Waals surface area (Å²) in [7, 11) is 0. The number of carbonyl (C=O) groups is 1. The molecule has 0 aliphatic carbocycles. The van der Waals surface area contributed by atoms with Crippen LogP contribution in [0.2, 0.25) is 0 Å². The van der Waals surface area contributed by atoms with Crippen LogP contribution in [0, 0.1) is 5.92 Å². The van der Waals surface area contributed by atoms with E-state index in [-0.39, 0.29) is 5.91 Å². The van der Waals surface area contributed by atoms with Crippen molar-refractivity contribution < 1.29 is 4.79 Å². The van der Waals surface area contributed by atoms with E-state index in [1.54, 1.807) is 0 Å². The molecule has 0 rings (SSSR count). The van der Waals surface area contributed by atoms with Crippen LogP contribution in [0.15, 0.2) is 0 Å². The zero-order chi connectivity index (χ0) is 9.40. The Bertz CT molecular complexity index is 123. The molecule has 1 unspecified atom stereocenters. The second-order valence-electron chi connectivity index (χ2n) is 3.22. The summed E-state index contributed by atoms with van der Waals surface area (Å²) in [6, 6.07) is 0. The molecule has 1 amide bonds. The van der Waals surface area contributed by atoms with Gasteiger partial charge in [0.05, 0.1) is 0 Å². The molecule has 0 fully saturated rings. The predicted molar refractivity (Wildman–Crippen MR) is 52.0 cm³/mol. The van der Waals surface area contributed by atoms with E-state index in [9.17, 15) is 4.79 Å². The Labute approximate surface area is 75.7 Å². The van der Waals surface area contributed by atoms with Crippen LogP contribution < -0.4 is 5.32 Å². The van der Waals surface area contributed by atoms with Gasteiger partial charge in [0.25, 0.3) is 0 Å². The summed E-state index contributed by atoms with van der Waals surface area (Å²) in [5.74, 6) is 0.843. The zero-order valence-corrected chi connectivity index (χ0v) is 8.52. The summed E-state index contributed by atoms with van der Waals surface area (Å²) in [5.41, 5.74) is 0. The lowest BCUT2D eigenvalue weighted by molar-refractivity contribution is -0.120. The molecule has 0 aromatic heterocycles. The molecule has 0 aliphatic heterocycles. The molecule has 0 radical (unpaired) electrons. The molecule has 0 aliphatic rings. The van der Waals surface area contributed by atoms with Gasteiger partial charge in [-0.3, -0.25) is 4.79 Å². The van der Waals surface area contributed by atoms with Gasteiger partial charge in [0.15, 0.2) is 0 Å². The highest BCUT2D eigenvalue weighted by Gasteiger charge is 2.05. The third-order valence-corrected chi connectivity index (χ3v) is 2.18. The Hall–Kier alpha value is -0.530. The highest BCUT2D eigenvalue weighted by Crippen LogP contribution is 2.08. The molecular weight excluding hydrogens is 150 g/mol.